The van der Waals surface area contributed by atoms with Gasteiger partial charge in [-0.2, -0.15) is 0 Å². The standard InChI is InChI=1S/C19H28N2O4/c1-4-24-19(23)21-11-9-16(10-12-21)20-18(22)13-25-17-7-5-15(6-8-17)14(2)3/h5-8,14,16H,4,9-13H2,1-3H3,(H,20,22). The zero-order valence-electron chi connectivity index (χ0n) is 15.3. The maximum absolute atomic E-state index is 12.0. The lowest BCUT2D eigenvalue weighted by Gasteiger charge is -2.31. The predicted octanol–water partition coefficient (Wildman–Crippen LogP) is 2.93. The van der Waals surface area contributed by atoms with Crippen LogP contribution in [0.1, 0.15) is 45.1 Å². The van der Waals surface area contributed by atoms with Gasteiger partial charge in [0.2, 0.25) is 0 Å². The third-order valence-corrected chi connectivity index (χ3v) is 4.30. The topological polar surface area (TPSA) is 67.9 Å². The Bertz CT molecular complexity index is 563. The third kappa shape index (κ3) is 5.96. The smallest absolute Gasteiger partial charge is 0.409 e. The molecule has 0 unspecified atom stereocenters. The van der Waals surface area contributed by atoms with E-state index < -0.39 is 0 Å². The predicted molar refractivity (Wildman–Crippen MR) is 95.8 cm³/mol. The molecule has 0 spiro atoms. The highest BCUT2D eigenvalue weighted by Crippen LogP contribution is 2.18. The second kappa shape index (κ2) is 9.30. The van der Waals surface area contributed by atoms with Crippen LogP contribution in [0.25, 0.3) is 0 Å². The van der Waals surface area contributed by atoms with Gasteiger partial charge in [0.25, 0.3) is 5.91 Å². The molecule has 25 heavy (non-hydrogen) atoms. The molecule has 138 valence electrons. The second-order valence-electron chi connectivity index (χ2n) is 6.54. The second-order valence-corrected chi connectivity index (χ2v) is 6.54. The van der Waals surface area contributed by atoms with E-state index in [4.69, 9.17) is 9.47 Å². The van der Waals surface area contributed by atoms with Crippen molar-refractivity contribution in [1.82, 2.24) is 10.2 Å². The first-order valence-electron chi connectivity index (χ1n) is 8.93. The van der Waals surface area contributed by atoms with Gasteiger partial charge in [0.05, 0.1) is 6.61 Å². The average Bonchev–Trinajstić information content (AvgIpc) is 2.61. The average molecular weight is 348 g/mol. The third-order valence-electron chi connectivity index (χ3n) is 4.30. The molecular formula is C19H28N2O4. The summed E-state index contributed by atoms with van der Waals surface area (Å²) in [4.78, 5) is 25.4. The van der Waals surface area contributed by atoms with Crippen molar-refractivity contribution in [3.63, 3.8) is 0 Å². The molecule has 1 aliphatic rings. The molecule has 1 heterocycles. The van der Waals surface area contributed by atoms with Gasteiger partial charge in [-0.1, -0.05) is 26.0 Å². The van der Waals surface area contributed by atoms with Crippen LogP contribution in [0.3, 0.4) is 0 Å². The molecule has 2 rings (SSSR count). The Labute approximate surface area is 149 Å². The lowest BCUT2D eigenvalue weighted by Crippen LogP contribution is -2.47. The highest BCUT2D eigenvalue weighted by Gasteiger charge is 2.24. The van der Waals surface area contributed by atoms with Gasteiger partial charge >= 0.3 is 6.09 Å². The molecule has 6 nitrogen and oxygen atoms in total. The maximum Gasteiger partial charge on any atom is 0.409 e. The molecule has 6 heteroatoms. The Morgan fingerprint density at radius 3 is 2.40 bits per heavy atom. The first kappa shape index (κ1) is 19.1. The van der Waals surface area contributed by atoms with Crippen molar-refractivity contribution in [2.75, 3.05) is 26.3 Å². The van der Waals surface area contributed by atoms with Crippen molar-refractivity contribution in [2.45, 2.75) is 45.6 Å². The van der Waals surface area contributed by atoms with Crippen molar-refractivity contribution in [3.8, 4) is 5.75 Å². The molecular weight excluding hydrogens is 320 g/mol. The number of nitrogens with zero attached hydrogens (tertiary/aromatic N) is 1. The number of hydrogen-bond acceptors (Lipinski definition) is 4. The van der Waals surface area contributed by atoms with Crippen LogP contribution in [0.5, 0.6) is 5.75 Å². The number of nitrogens with one attached hydrogen (secondary N) is 1. The van der Waals surface area contributed by atoms with E-state index >= 15 is 0 Å². The molecule has 0 aromatic heterocycles. The molecule has 1 aliphatic heterocycles. The quantitative estimate of drug-likeness (QED) is 0.858. The van der Waals surface area contributed by atoms with Crippen molar-refractivity contribution in [3.05, 3.63) is 29.8 Å². The number of carbonyl (C=O) groups is 2. The van der Waals surface area contributed by atoms with E-state index in [0.717, 1.165) is 12.8 Å². The number of likely N-dealkylation sites (tertiary alicyclic amines) is 1. The minimum absolute atomic E-state index is 0.000877. The van der Waals surface area contributed by atoms with Gasteiger partial charge in [0.15, 0.2) is 6.61 Å². The van der Waals surface area contributed by atoms with Gasteiger partial charge in [0, 0.05) is 19.1 Å². The molecule has 1 fully saturated rings. The monoisotopic (exact) mass is 348 g/mol. The van der Waals surface area contributed by atoms with Crippen LogP contribution in [0.15, 0.2) is 24.3 Å². The van der Waals surface area contributed by atoms with E-state index in [1.807, 2.05) is 24.3 Å². The number of ether oxygens (including phenoxy) is 2. The zero-order valence-corrected chi connectivity index (χ0v) is 15.3. The fourth-order valence-corrected chi connectivity index (χ4v) is 2.79. The van der Waals surface area contributed by atoms with E-state index in [9.17, 15) is 9.59 Å². The normalized spacial score (nSPS) is 15.1. The number of piperidine rings is 1. The van der Waals surface area contributed by atoms with Crippen molar-refractivity contribution < 1.29 is 19.1 Å². The number of benzene rings is 1. The molecule has 0 atom stereocenters. The first-order valence-corrected chi connectivity index (χ1v) is 8.93. The minimum Gasteiger partial charge on any atom is -0.484 e. The Morgan fingerprint density at radius 1 is 1.20 bits per heavy atom. The number of hydrogen-bond donors (Lipinski definition) is 1. The van der Waals surface area contributed by atoms with E-state index in [0.29, 0.717) is 31.4 Å². The summed E-state index contributed by atoms with van der Waals surface area (Å²) in [5, 5.41) is 2.97. The summed E-state index contributed by atoms with van der Waals surface area (Å²) < 4.78 is 10.5. The highest BCUT2D eigenvalue weighted by atomic mass is 16.6. The Balaban J connectivity index is 1.70. The molecule has 1 aromatic carbocycles. The fraction of sp³-hybridized carbons (Fsp3) is 0.579. The van der Waals surface area contributed by atoms with Gasteiger partial charge in [-0.15, -0.1) is 0 Å². The highest BCUT2D eigenvalue weighted by molar-refractivity contribution is 5.78. The van der Waals surface area contributed by atoms with E-state index in [1.54, 1.807) is 11.8 Å². The molecule has 1 aromatic rings. The van der Waals surface area contributed by atoms with Gasteiger partial charge in [-0.25, -0.2) is 4.79 Å². The van der Waals surface area contributed by atoms with Crippen molar-refractivity contribution in [1.29, 1.82) is 0 Å². The Hall–Kier alpha value is -2.24. The Morgan fingerprint density at radius 2 is 1.84 bits per heavy atom. The number of amides is 2. The molecule has 1 saturated heterocycles. The summed E-state index contributed by atoms with van der Waals surface area (Å²) in [5.41, 5.74) is 1.24. The van der Waals surface area contributed by atoms with Crippen LogP contribution in [-0.4, -0.2) is 49.2 Å². The van der Waals surface area contributed by atoms with Gasteiger partial charge in [-0.3, -0.25) is 4.79 Å². The minimum atomic E-state index is -0.277. The maximum atomic E-state index is 12.0. The van der Waals surface area contributed by atoms with Crippen LogP contribution in [0.4, 0.5) is 4.79 Å². The fourth-order valence-electron chi connectivity index (χ4n) is 2.79. The van der Waals surface area contributed by atoms with Crippen LogP contribution < -0.4 is 10.1 Å². The molecule has 0 saturated carbocycles. The van der Waals surface area contributed by atoms with Crippen LogP contribution in [0, 0.1) is 0 Å². The van der Waals surface area contributed by atoms with Crippen LogP contribution in [-0.2, 0) is 9.53 Å². The van der Waals surface area contributed by atoms with Crippen molar-refractivity contribution in [2.24, 2.45) is 0 Å². The van der Waals surface area contributed by atoms with Gasteiger partial charge in [0.1, 0.15) is 5.75 Å². The summed E-state index contributed by atoms with van der Waals surface area (Å²) in [5.74, 6) is 1.03. The van der Waals surface area contributed by atoms with Gasteiger partial charge < -0.3 is 19.7 Å². The van der Waals surface area contributed by atoms with Crippen LogP contribution in [0.2, 0.25) is 0 Å². The Kier molecular flexibility index (Phi) is 7.10. The van der Waals surface area contributed by atoms with E-state index in [2.05, 4.69) is 19.2 Å². The molecule has 2 amide bonds. The molecule has 0 bridgehead atoms. The van der Waals surface area contributed by atoms with Crippen LogP contribution >= 0.6 is 0 Å². The van der Waals surface area contributed by atoms with Gasteiger partial charge in [-0.05, 0) is 43.4 Å². The number of carbonyl (C=O) groups excluding carboxylic acids is 2. The van der Waals surface area contributed by atoms with Crippen molar-refractivity contribution >= 4 is 12.0 Å². The summed E-state index contributed by atoms with van der Waals surface area (Å²) in [7, 11) is 0. The van der Waals surface area contributed by atoms with E-state index in [1.165, 1.54) is 5.56 Å². The molecule has 0 aliphatic carbocycles. The zero-order chi connectivity index (χ0) is 18.2. The first-order chi connectivity index (χ1) is 12.0. The molecule has 0 radical (unpaired) electrons. The summed E-state index contributed by atoms with van der Waals surface area (Å²) in [6.07, 6.45) is 1.18. The van der Waals surface area contributed by atoms with E-state index in [-0.39, 0.29) is 24.6 Å². The summed E-state index contributed by atoms with van der Waals surface area (Å²) in [6, 6.07) is 7.89. The lowest BCUT2D eigenvalue weighted by atomic mass is 10.0. The molecule has 1 N–H and O–H groups in total. The SMILES string of the molecule is CCOC(=O)N1CCC(NC(=O)COc2ccc(C(C)C)cc2)CC1. The number of rotatable bonds is 6. The summed E-state index contributed by atoms with van der Waals surface area (Å²) >= 11 is 0. The lowest BCUT2D eigenvalue weighted by molar-refractivity contribution is -0.124. The largest absolute Gasteiger partial charge is 0.484 e. The summed E-state index contributed by atoms with van der Waals surface area (Å²) in [6.45, 7) is 7.64.